The maximum atomic E-state index is 13.5. The lowest BCUT2D eigenvalue weighted by atomic mass is 9.91. The average molecular weight is 605 g/mol. The number of nitrogens with zero attached hydrogens (tertiary/aromatic N) is 4. The van der Waals surface area contributed by atoms with Crippen molar-refractivity contribution in [3.63, 3.8) is 0 Å². The van der Waals surface area contributed by atoms with Crippen LogP contribution in [0.3, 0.4) is 0 Å². The van der Waals surface area contributed by atoms with Crippen molar-refractivity contribution < 1.29 is 29.1 Å². The third kappa shape index (κ3) is 7.82. The molecule has 4 rings (SSSR count). The minimum Gasteiger partial charge on any atom is -0.481 e. The molecule has 0 aliphatic carbocycles. The summed E-state index contributed by atoms with van der Waals surface area (Å²) in [5.74, 6) is -3.76. The number of H-pyrrole nitrogens is 1. The molecule has 14 heteroatoms. The van der Waals surface area contributed by atoms with Gasteiger partial charge in [0.15, 0.2) is 5.82 Å². The molecule has 0 saturated heterocycles. The molecule has 5 N–H and O–H groups in total. The summed E-state index contributed by atoms with van der Waals surface area (Å²) in [7, 11) is 0. The number of rotatable bonds is 14. The van der Waals surface area contributed by atoms with E-state index in [0.717, 1.165) is 5.56 Å². The fraction of sp³-hybridized carbons (Fsp3) is 0.400. The maximum absolute atomic E-state index is 13.5. The van der Waals surface area contributed by atoms with Crippen molar-refractivity contribution in [3.05, 3.63) is 71.5 Å². The van der Waals surface area contributed by atoms with Crippen molar-refractivity contribution in [2.24, 2.45) is 5.92 Å². The van der Waals surface area contributed by atoms with Crippen LogP contribution >= 0.6 is 0 Å². The number of carboxylic acid groups (broad SMARTS) is 1. The molecule has 3 aromatic rings. The smallest absolute Gasteiger partial charge is 0.303 e. The monoisotopic (exact) mass is 604 g/mol. The van der Waals surface area contributed by atoms with Crippen LogP contribution in [-0.2, 0) is 36.9 Å². The number of tetrazole rings is 1. The molecule has 4 atom stereocenters. The van der Waals surface area contributed by atoms with Gasteiger partial charge in [-0.05, 0) is 29.5 Å². The molecule has 0 radical (unpaired) electrons. The first-order valence-corrected chi connectivity index (χ1v) is 14.4. The third-order valence-corrected chi connectivity index (χ3v) is 7.73. The number of anilines is 1. The number of fused-ring (bicyclic) bond motifs is 1. The number of aromatic nitrogens is 4. The highest BCUT2D eigenvalue weighted by Gasteiger charge is 2.38. The SMILES string of the molecule is CC[C@H](C)[C@H](NC(=O)C(CCC(=O)O)c1ccccc1)C(=O)NCC(=O)N1c2ccccc2C[C@H]1C(=O)NCc1nn[nH]n1. The van der Waals surface area contributed by atoms with Gasteiger partial charge in [0, 0.05) is 18.5 Å². The molecular formula is C30H36N8O6. The molecule has 1 unspecified atom stereocenters. The zero-order chi connectivity index (χ0) is 31.6. The van der Waals surface area contributed by atoms with Gasteiger partial charge in [0.25, 0.3) is 0 Å². The fourth-order valence-corrected chi connectivity index (χ4v) is 5.16. The van der Waals surface area contributed by atoms with E-state index in [1.54, 1.807) is 42.5 Å². The lowest BCUT2D eigenvalue weighted by Gasteiger charge is -2.28. The van der Waals surface area contributed by atoms with E-state index in [0.29, 0.717) is 17.7 Å². The van der Waals surface area contributed by atoms with Gasteiger partial charge in [-0.15, -0.1) is 10.2 Å². The largest absolute Gasteiger partial charge is 0.481 e. The first-order chi connectivity index (χ1) is 21.2. The molecule has 1 aliphatic rings. The van der Waals surface area contributed by atoms with E-state index in [1.165, 1.54) is 4.90 Å². The lowest BCUT2D eigenvalue weighted by molar-refractivity contribution is -0.137. The standard InChI is InChI=1S/C30H36N8O6/c1-3-18(2)27(33-28(42)21(13-14-26(40)41)19-9-5-4-6-10-19)30(44)32-17-25(39)38-22-12-8-7-11-20(22)15-23(38)29(43)31-16-24-34-36-37-35-24/h4-12,18,21,23,27H,3,13-17H2,1-2H3,(H,31,43)(H,32,44)(H,33,42)(H,40,41)(H,34,35,36,37)/t18-,21?,23-,27-/m0/s1. The number of aliphatic carboxylic acids is 1. The predicted octanol–water partition coefficient (Wildman–Crippen LogP) is 1.07. The number of hydrogen-bond acceptors (Lipinski definition) is 8. The summed E-state index contributed by atoms with van der Waals surface area (Å²) in [5.41, 5.74) is 2.02. The van der Waals surface area contributed by atoms with E-state index >= 15 is 0 Å². The van der Waals surface area contributed by atoms with Gasteiger partial charge >= 0.3 is 5.97 Å². The second-order valence-corrected chi connectivity index (χ2v) is 10.6. The van der Waals surface area contributed by atoms with E-state index in [1.807, 2.05) is 26.0 Å². The normalized spacial score (nSPS) is 15.9. The summed E-state index contributed by atoms with van der Waals surface area (Å²) in [6, 6.07) is 14.1. The van der Waals surface area contributed by atoms with Crippen molar-refractivity contribution in [3.8, 4) is 0 Å². The summed E-state index contributed by atoms with van der Waals surface area (Å²) < 4.78 is 0. The summed E-state index contributed by atoms with van der Waals surface area (Å²) in [6.07, 6.45) is 0.683. The van der Waals surface area contributed by atoms with Gasteiger partial charge in [-0.3, -0.25) is 28.9 Å². The average Bonchev–Trinajstić information content (AvgIpc) is 3.69. The van der Waals surface area contributed by atoms with Crippen LogP contribution < -0.4 is 20.9 Å². The zero-order valence-corrected chi connectivity index (χ0v) is 24.5. The Morgan fingerprint density at radius 2 is 1.75 bits per heavy atom. The van der Waals surface area contributed by atoms with Gasteiger partial charge < -0.3 is 21.1 Å². The van der Waals surface area contributed by atoms with Crippen molar-refractivity contribution >= 4 is 35.3 Å². The van der Waals surface area contributed by atoms with Crippen LogP contribution in [0.2, 0.25) is 0 Å². The Labute approximate surface area is 254 Å². The Balaban J connectivity index is 1.45. The van der Waals surface area contributed by atoms with Crippen molar-refractivity contribution in [1.29, 1.82) is 0 Å². The van der Waals surface area contributed by atoms with Gasteiger partial charge in [-0.2, -0.15) is 5.21 Å². The second kappa shape index (κ2) is 14.8. The first kappa shape index (κ1) is 31.8. The van der Waals surface area contributed by atoms with Gasteiger partial charge in [0.2, 0.25) is 23.6 Å². The highest BCUT2D eigenvalue weighted by molar-refractivity contribution is 6.05. The molecule has 1 aliphatic heterocycles. The van der Waals surface area contributed by atoms with Crippen LogP contribution in [0.4, 0.5) is 5.69 Å². The van der Waals surface area contributed by atoms with Crippen LogP contribution in [0.15, 0.2) is 54.6 Å². The number of nitrogens with one attached hydrogen (secondary N) is 4. The number of carboxylic acids is 1. The highest BCUT2D eigenvalue weighted by Crippen LogP contribution is 2.32. The molecular weight excluding hydrogens is 568 g/mol. The molecule has 0 fully saturated rings. The van der Waals surface area contributed by atoms with E-state index < -0.39 is 54.1 Å². The number of carbonyl (C=O) groups is 5. The number of carbonyl (C=O) groups excluding carboxylic acids is 4. The molecule has 2 heterocycles. The summed E-state index contributed by atoms with van der Waals surface area (Å²) >= 11 is 0. The lowest BCUT2D eigenvalue weighted by Crippen LogP contribution is -2.54. The number of hydrogen-bond donors (Lipinski definition) is 5. The van der Waals surface area contributed by atoms with Crippen molar-refractivity contribution in [2.75, 3.05) is 11.4 Å². The second-order valence-electron chi connectivity index (χ2n) is 10.6. The minimum absolute atomic E-state index is 0.0215. The Morgan fingerprint density at radius 3 is 2.43 bits per heavy atom. The molecule has 1 aromatic heterocycles. The Morgan fingerprint density at radius 1 is 1.02 bits per heavy atom. The van der Waals surface area contributed by atoms with Crippen LogP contribution in [0, 0.1) is 5.92 Å². The molecule has 2 aromatic carbocycles. The molecule has 44 heavy (non-hydrogen) atoms. The summed E-state index contributed by atoms with van der Waals surface area (Å²) in [4.78, 5) is 66.2. The number of para-hydroxylation sites is 1. The zero-order valence-electron chi connectivity index (χ0n) is 24.5. The van der Waals surface area contributed by atoms with E-state index in [2.05, 4.69) is 36.6 Å². The number of benzene rings is 2. The van der Waals surface area contributed by atoms with Crippen LogP contribution in [0.5, 0.6) is 0 Å². The quantitative estimate of drug-likeness (QED) is 0.179. The van der Waals surface area contributed by atoms with E-state index in [9.17, 15) is 29.1 Å². The Hall–Kier alpha value is -5.14. The minimum atomic E-state index is -1.03. The van der Waals surface area contributed by atoms with Crippen molar-refractivity contribution in [1.82, 2.24) is 36.6 Å². The van der Waals surface area contributed by atoms with E-state index in [4.69, 9.17) is 0 Å². The van der Waals surface area contributed by atoms with E-state index in [-0.39, 0.29) is 37.5 Å². The summed E-state index contributed by atoms with van der Waals surface area (Å²) in [6.45, 7) is 3.29. The Bertz CT molecular complexity index is 1470. The summed E-state index contributed by atoms with van der Waals surface area (Å²) in [5, 5.41) is 30.8. The fourth-order valence-electron chi connectivity index (χ4n) is 5.16. The number of aromatic amines is 1. The van der Waals surface area contributed by atoms with Crippen LogP contribution in [-0.4, -0.2) is 74.0 Å². The molecule has 232 valence electrons. The molecule has 0 bridgehead atoms. The van der Waals surface area contributed by atoms with Crippen LogP contribution in [0.1, 0.15) is 56.0 Å². The van der Waals surface area contributed by atoms with Gasteiger partial charge in [-0.25, -0.2) is 0 Å². The third-order valence-electron chi connectivity index (χ3n) is 7.73. The first-order valence-electron chi connectivity index (χ1n) is 14.4. The maximum Gasteiger partial charge on any atom is 0.303 e. The topological polar surface area (TPSA) is 199 Å². The molecule has 0 saturated carbocycles. The number of amides is 4. The Kier molecular flexibility index (Phi) is 10.7. The van der Waals surface area contributed by atoms with Gasteiger partial charge in [0.05, 0.1) is 19.0 Å². The van der Waals surface area contributed by atoms with Gasteiger partial charge in [0.1, 0.15) is 12.1 Å². The predicted molar refractivity (Wildman–Crippen MR) is 158 cm³/mol. The van der Waals surface area contributed by atoms with Gasteiger partial charge in [-0.1, -0.05) is 74.0 Å². The van der Waals surface area contributed by atoms with Crippen LogP contribution in [0.25, 0.3) is 0 Å². The van der Waals surface area contributed by atoms with Crippen molar-refractivity contribution in [2.45, 2.75) is 64.1 Å². The molecule has 4 amide bonds. The molecule has 14 nitrogen and oxygen atoms in total. The molecule has 0 spiro atoms. The highest BCUT2D eigenvalue weighted by atomic mass is 16.4.